The third kappa shape index (κ3) is 1.63. The van der Waals surface area contributed by atoms with Crippen LogP contribution in [0, 0.1) is 0 Å². The van der Waals surface area contributed by atoms with Gasteiger partial charge in [-0.25, -0.2) is 0 Å². The molecule has 0 fully saturated rings. The molecule has 0 bridgehead atoms. The van der Waals surface area contributed by atoms with Crippen molar-refractivity contribution in [2.24, 2.45) is 7.05 Å². The van der Waals surface area contributed by atoms with Gasteiger partial charge in [0.1, 0.15) is 5.69 Å². The molecule has 2 aromatic heterocycles. The van der Waals surface area contributed by atoms with E-state index in [1.807, 2.05) is 19.2 Å². The fourth-order valence-electron chi connectivity index (χ4n) is 2.02. The lowest BCUT2D eigenvalue weighted by Crippen LogP contribution is -1.95. The number of fused-ring (bicyclic) bond motifs is 1. The van der Waals surface area contributed by atoms with E-state index in [1.54, 1.807) is 10.9 Å². The van der Waals surface area contributed by atoms with Crippen molar-refractivity contribution in [3.8, 4) is 11.4 Å². The van der Waals surface area contributed by atoms with Gasteiger partial charge in [-0.2, -0.15) is 5.10 Å². The van der Waals surface area contributed by atoms with E-state index in [9.17, 15) is 0 Å². The Morgan fingerprint density at radius 2 is 2.18 bits per heavy atom. The number of nitrogens with two attached hydrogens (primary N) is 1. The van der Waals surface area contributed by atoms with Crippen molar-refractivity contribution in [2.45, 2.75) is 0 Å². The molecule has 0 aliphatic heterocycles. The van der Waals surface area contributed by atoms with Gasteiger partial charge < -0.3 is 10.7 Å². The minimum absolute atomic E-state index is 0.679. The molecule has 0 saturated carbocycles. The van der Waals surface area contributed by atoms with Crippen LogP contribution in [-0.4, -0.2) is 14.8 Å². The highest BCUT2D eigenvalue weighted by molar-refractivity contribution is 9.10. The zero-order valence-corrected chi connectivity index (χ0v) is 10.8. The van der Waals surface area contributed by atoms with Gasteiger partial charge in [-0.05, 0) is 24.3 Å². The standard InChI is InChI=1S/C12H11BrN4/c1-17-12(9(14)6-15-17)11-5-7-4-8(13)2-3-10(7)16-11/h2-6,16H,14H2,1H3. The van der Waals surface area contributed by atoms with Crippen molar-refractivity contribution in [3.05, 3.63) is 34.9 Å². The number of rotatable bonds is 1. The van der Waals surface area contributed by atoms with E-state index in [-0.39, 0.29) is 0 Å². The van der Waals surface area contributed by atoms with Gasteiger partial charge in [0.2, 0.25) is 0 Å². The molecule has 3 aromatic rings. The van der Waals surface area contributed by atoms with E-state index in [2.05, 4.69) is 38.1 Å². The second-order valence-electron chi connectivity index (χ2n) is 3.99. The third-order valence-corrected chi connectivity index (χ3v) is 3.30. The molecule has 2 heterocycles. The SMILES string of the molecule is Cn1ncc(N)c1-c1cc2cc(Br)ccc2[nH]1. The number of nitrogen functional groups attached to an aromatic ring is 1. The van der Waals surface area contributed by atoms with E-state index in [0.29, 0.717) is 5.69 Å². The van der Waals surface area contributed by atoms with Crippen LogP contribution in [0.5, 0.6) is 0 Å². The molecular formula is C12H11BrN4. The number of H-pyrrole nitrogens is 1. The number of aromatic nitrogens is 3. The number of aryl methyl sites for hydroxylation is 1. The molecule has 0 amide bonds. The first-order valence-electron chi connectivity index (χ1n) is 5.21. The maximum Gasteiger partial charge on any atom is 0.107 e. The summed E-state index contributed by atoms with van der Waals surface area (Å²) in [5.41, 5.74) is 9.57. The molecule has 0 saturated heterocycles. The number of benzene rings is 1. The number of hydrogen-bond acceptors (Lipinski definition) is 2. The summed E-state index contributed by atoms with van der Waals surface area (Å²) in [6.07, 6.45) is 1.66. The average Bonchev–Trinajstić information content (AvgIpc) is 2.81. The number of nitrogens with zero attached hydrogens (tertiary/aromatic N) is 2. The van der Waals surface area contributed by atoms with Gasteiger partial charge in [0.05, 0.1) is 17.6 Å². The smallest absolute Gasteiger partial charge is 0.107 e. The Kier molecular flexibility index (Phi) is 2.22. The highest BCUT2D eigenvalue weighted by Crippen LogP contribution is 2.29. The summed E-state index contributed by atoms with van der Waals surface area (Å²) in [6, 6.07) is 8.19. The predicted octanol–water partition coefficient (Wildman–Crippen LogP) is 2.91. The fraction of sp³-hybridized carbons (Fsp3) is 0.0833. The van der Waals surface area contributed by atoms with Crippen LogP contribution in [0.25, 0.3) is 22.3 Å². The van der Waals surface area contributed by atoms with Gasteiger partial charge in [0, 0.05) is 22.4 Å². The van der Waals surface area contributed by atoms with Crippen LogP contribution >= 0.6 is 15.9 Å². The fourth-order valence-corrected chi connectivity index (χ4v) is 2.39. The van der Waals surface area contributed by atoms with Crippen LogP contribution in [0.4, 0.5) is 5.69 Å². The van der Waals surface area contributed by atoms with Gasteiger partial charge in [-0.15, -0.1) is 0 Å². The van der Waals surface area contributed by atoms with Crippen LogP contribution in [0.2, 0.25) is 0 Å². The Morgan fingerprint density at radius 3 is 2.88 bits per heavy atom. The molecule has 3 N–H and O–H groups in total. The first-order chi connectivity index (χ1) is 8.15. The summed E-state index contributed by atoms with van der Waals surface area (Å²) in [5.74, 6) is 0. The molecule has 0 radical (unpaired) electrons. The Bertz CT molecular complexity index is 676. The van der Waals surface area contributed by atoms with Crippen molar-refractivity contribution in [1.82, 2.24) is 14.8 Å². The number of hydrogen-bond donors (Lipinski definition) is 2. The zero-order valence-electron chi connectivity index (χ0n) is 9.24. The minimum Gasteiger partial charge on any atom is -0.396 e. The van der Waals surface area contributed by atoms with E-state index >= 15 is 0 Å². The van der Waals surface area contributed by atoms with Gasteiger partial charge in [-0.3, -0.25) is 4.68 Å². The van der Waals surface area contributed by atoms with Gasteiger partial charge >= 0.3 is 0 Å². The Balaban J connectivity index is 2.25. The maximum atomic E-state index is 5.91. The topological polar surface area (TPSA) is 59.6 Å². The number of halogens is 1. The largest absolute Gasteiger partial charge is 0.396 e. The molecule has 86 valence electrons. The highest BCUT2D eigenvalue weighted by Gasteiger charge is 2.11. The predicted molar refractivity (Wildman–Crippen MR) is 72.6 cm³/mol. The molecule has 4 nitrogen and oxygen atoms in total. The van der Waals surface area contributed by atoms with Crippen molar-refractivity contribution in [1.29, 1.82) is 0 Å². The first-order valence-corrected chi connectivity index (χ1v) is 6.00. The van der Waals surface area contributed by atoms with E-state index in [0.717, 1.165) is 26.8 Å². The summed E-state index contributed by atoms with van der Waals surface area (Å²) in [4.78, 5) is 3.35. The van der Waals surface area contributed by atoms with Crippen molar-refractivity contribution < 1.29 is 0 Å². The van der Waals surface area contributed by atoms with E-state index in [4.69, 9.17) is 5.73 Å². The molecule has 0 unspecified atom stereocenters. The second-order valence-corrected chi connectivity index (χ2v) is 4.90. The van der Waals surface area contributed by atoms with Crippen molar-refractivity contribution >= 4 is 32.5 Å². The summed E-state index contributed by atoms with van der Waals surface area (Å²) < 4.78 is 2.84. The molecule has 3 rings (SSSR count). The molecule has 0 spiro atoms. The molecule has 5 heteroatoms. The summed E-state index contributed by atoms with van der Waals surface area (Å²) in [5, 5.41) is 5.29. The van der Waals surface area contributed by atoms with E-state index < -0.39 is 0 Å². The first kappa shape index (κ1) is 10.4. The van der Waals surface area contributed by atoms with Crippen LogP contribution in [0.3, 0.4) is 0 Å². The lowest BCUT2D eigenvalue weighted by atomic mass is 10.2. The maximum absolute atomic E-state index is 5.91. The van der Waals surface area contributed by atoms with Gasteiger partial charge in [0.25, 0.3) is 0 Å². The summed E-state index contributed by atoms with van der Waals surface area (Å²) in [7, 11) is 1.88. The zero-order chi connectivity index (χ0) is 12.0. The summed E-state index contributed by atoms with van der Waals surface area (Å²) in [6.45, 7) is 0. The van der Waals surface area contributed by atoms with Crippen LogP contribution < -0.4 is 5.73 Å². The van der Waals surface area contributed by atoms with Crippen LogP contribution in [0.1, 0.15) is 0 Å². The van der Waals surface area contributed by atoms with Crippen LogP contribution in [0.15, 0.2) is 34.9 Å². The number of nitrogens with one attached hydrogen (secondary N) is 1. The van der Waals surface area contributed by atoms with Crippen molar-refractivity contribution in [2.75, 3.05) is 5.73 Å². The van der Waals surface area contributed by atoms with Gasteiger partial charge in [-0.1, -0.05) is 15.9 Å². The molecule has 0 aliphatic carbocycles. The van der Waals surface area contributed by atoms with Crippen LogP contribution in [-0.2, 0) is 7.05 Å². The highest BCUT2D eigenvalue weighted by atomic mass is 79.9. The average molecular weight is 291 g/mol. The monoisotopic (exact) mass is 290 g/mol. The summed E-state index contributed by atoms with van der Waals surface area (Å²) >= 11 is 3.46. The molecule has 0 atom stereocenters. The molecule has 17 heavy (non-hydrogen) atoms. The van der Waals surface area contributed by atoms with Gasteiger partial charge in [0.15, 0.2) is 0 Å². The quantitative estimate of drug-likeness (QED) is 0.724. The Hall–Kier alpha value is -1.75. The molecule has 0 aliphatic rings. The lowest BCUT2D eigenvalue weighted by Gasteiger charge is -1.99. The third-order valence-electron chi connectivity index (χ3n) is 2.80. The second kappa shape index (κ2) is 3.63. The molecule has 1 aromatic carbocycles. The molecular weight excluding hydrogens is 280 g/mol. The lowest BCUT2D eigenvalue weighted by molar-refractivity contribution is 0.774. The minimum atomic E-state index is 0.679. The van der Waals surface area contributed by atoms with E-state index in [1.165, 1.54) is 0 Å². The van der Waals surface area contributed by atoms with Crippen molar-refractivity contribution in [3.63, 3.8) is 0 Å². The Labute approximate surface area is 107 Å². The number of aromatic amines is 1. The number of anilines is 1. The Morgan fingerprint density at radius 1 is 1.35 bits per heavy atom. The normalized spacial score (nSPS) is 11.2.